The molecule has 2 aromatic carbocycles. The van der Waals surface area contributed by atoms with Gasteiger partial charge in [-0.3, -0.25) is 4.79 Å². The number of benzene rings is 2. The highest BCUT2D eigenvalue weighted by molar-refractivity contribution is 6.29. The van der Waals surface area contributed by atoms with Gasteiger partial charge in [-0.1, -0.05) is 54.1 Å². The van der Waals surface area contributed by atoms with E-state index in [1.54, 1.807) is 18.2 Å². The first-order chi connectivity index (χ1) is 11.8. The van der Waals surface area contributed by atoms with Crippen molar-refractivity contribution in [2.24, 2.45) is 0 Å². The summed E-state index contributed by atoms with van der Waals surface area (Å²) in [5.74, 6) is 0.979. The summed E-state index contributed by atoms with van der Waals surface area (Å²) in [6.07, 6.45) is 2.34. The standard InChI is InChI=1S/C19H13ClN2O2/c20-18-10-11-19(22-21-18)24-16-8-6-15(7-9-16)17(12-13-23)14-4-2-1-3-5-14/h1-13H/b17-12+. The summed E-state index contributed by atoms with van der Waals surface area (Å²) in [5.41, 5.74) is 2.74. The molecule has 0 spiro atoms. The molecule has 24 heavy (non-hydrogen) atoms. The van der Waals surface area contributed by atoms with Crippen LogP contribution in [0.5, 0.6) is 11.6 Å². The van der Waals surface area contributed by atoms with E-state index in [9.17, 15) is 4.79 Å². The Hall–Kier alpha value is -2.98. The minimum Gasteiger partial charge on any atom is -0.438 e. The monoisotopic (exact) mass is 336 g/mol. The van der Waals surface area contributed by atoms with E-state index < -0.39 is 0 Å². The summed E-state index contributed by atoms with van der Waals surface area (Å²) in [4.78, 5) is 11.0. The lowest BCUT2D eigenvalue weighted by atomic mass is 9.98. The second kappa shape index (κ2) is 7.53. The Kier molecular flexibility index (Phi) is 4.99. The highest BCUT2D eigenvalue weighted by Crippen LogP contribution is 2.26. The van der Waals surface area contributed by atoms with Crippen LogP contribution in [-0.4, -0.2) is 16.5 Å². The number of aromatic nitrogens is 2. The molecule has 0 aliphatic heterocycles. The minimum atomic E-state index is 0.309. The molecule has 0 unspecified atom stereocenters. The zero-order chi connectivity index (χ0) is 16.8. The van der Waals surface area contributed by atoms with Crippen LogP contribution in [0.25, 0.3) is 5.57 Å². The highest BCUT2D eigenvalue weighted by atomic mass is 35.5. The molecular formula is C19H13ClN2O2. The molecule has 0 saturated heterocycles. The third-order valence-electron chi connectivity index (χ3n) is 3.31. The molecule has 0 radical (unpaired) electrons. The Bertz CT molecular complexity index is 845. The fourth-order valence-corrected chi connectivity index (χ4v) is 2.33. The number of allylic oxidation sites excluding steroid dienone is 1. The predicted octanol–water partition coefficient (Wildman–Crippen LogP) is 4.55. The van der Waals surface area contributed by atoms with Gasteiger partial charge in [0.1, 0.15) is 12.0 Å². The van der Waals surface area contributed by atoms with Crippen molar-refractivity contribution >= 4 is 23.5 Å². The topological polar surface area (TPSA) is 52.1 Å². The zero-order valence-corrected chi connectivity index (χ0v) is 13.4. The van der Waals surface area contributed by atoms with Crippen LogP contribution in [0.1, 0.15) is 11.1 Å². The summed E-state index contributed by atoms with van der Waals surface area (Å²) in [6, 6.07) is 20.4. The van der Waals surface area contributed by atoms with E-state index in [2.05, 4.69) is 10.2 Å². The van der Waals surface area contributed by atoms with Gasteiger partial charge in [-0.25, -0.2) is 0 Å². The Morgan fingerprint density at radius 3 is 2.21 bits per heavy atom. The van der Waals surface area contributed by atoms with Gasteiger partial charge in [0.05, 0.1) is 0 Å². The van der Waals surface area contributed by atoms with Gasteiger partial charge in [0, 0.05) is 6.07 Å². The molecule has 4 nitrogen and oxygen atoms in total. The van der Waals surface area contributed by atoms with Gasteiger partial charge in [0.25, 0.3) is 0 Å². The van der Waals surface area contributed by atoms with Crippen LogP contribution in [0.2, 0.25) is 5.15 Å². The quantitative estimate of drug-likeness (QED) is 0.506. The maximum Gasteiger partial charge on any atom is 0.238 e. The van der Waals surface area contributed by atoms with E-state index in [1.807, 2.05) is 54.6 Å². The summed E-state index contributed by atoms with van der Waals surface area (Å²) in [6.45, 7) is 0. The van der Waals surface area contributed by atoms with E-state index >= 15 is 0 Å². The lowest BCUT2D eigenvalue weighted by Crippen LogP contribution is -1.92. The number of nitrogens with zero attached hydrogens (tertiary/aromatic N) is 2. The predicted molar refractivity (Wildman–Crippen MR) is 93.1 cm³/mol. The molecule has 0 atom stereocenters. The van der Waals surface area contributed by atoms with Gasteiger partial charge in [-0.05, 0) is 41.0 Å². The number of hydrogen-bond acceptors (Lipinski definition) is 4. The molecule has 1 heterocycles. The second-order valence-corrected chi connectivity index (χ2v) is 5.29. The third-order valence-corrected chi connectivity index (χ3v) is 3.52. The number of ether oxygens (including phenoxy) is 1. The fourth-order valence-electron chi connectivity index (χ4n) is 2.23. The summed E-state index contributed by atoms with van der Waals surface area (Å²) < 4.78 is 5.61. The van der Waals surface area contributed by atoms with E-state index in [1.165, 1.54) is 0 Å². The van der Waals surface area contributed by atoms with Gasteiger partial charge in [-0.2, -0.15) is 0 Å². The lowest BCUT2D eigenvalue weighted by Gasteiger charge is -2.09. The number of carbonyl (C=O) groups is 1. The van der Waals surface area contributed by atoms with Crippen molar-refractivity contribution in [2.75, 3.05) is 0 Å². The number of halogens is 1. The van der Waals surface area contributed by atoms with E-state index in [4.69, 9.17) is 16.3 Å². The fraction of sp³-hybridized carbons (Fsp3) is 0. The van der Waals surface area contributed by atoms with Crippen LogP contribution in [0, 0.1) is 0 Å². The normalized spacial score (nSPS) is 11.1. The Morgan fingerprint density at radius 2 is 1.58 bits per heavy atom. The van der Waals surface area contributed by atoms with Crippen LogP contribution in [-0.2, 0) is 4.79 Å². The van der Waals surface area contributed by atoms with Crippen molar-refractivity contribution in [3.05, 3.63) is 89.1 Å². The average Bonchev–Trinajstić information content (AvgIpc) is 2.63. The number of rotatable bonds is 5. The SMILES string of the molecule is O=C/C=C(\c1ccccc1)c1ccc(Oc2ccc(Cl)nn2)cc1. The molecule has 1 aromatic heterocycles. The molecule has 0 N–H and O–H groups in total. The molecule has 0 saturated carbocycles. The van der Waals surface area contributed by atoms with E-state index in [0.717, 1.165) is 23.0 Å². The van der Waals surface area contributed by atoms with Crippen molar-refractivity contribution in [3.63, 3.8) is 0 Å². The zero-order valence-electron chi connectivity index (χ0n) is 12.6. The molecule has 0 aliphatic carbocycles. The van der Waals surface area contributed by atoms with Gasteiger partial charge in [-0.15, -0.1) is 10.2 Å². The second-order valence-electron chi connectivity index (χ2n) is 4.90. The maximum atomic E-state index is 11.0. The van der Waals surface area contributed by atoms with Crippen molar-refractivity contribution in [1.29, 1.82) is 0 Å². The van der Waals surface area contributed by atoms with Crippen molar-refractivity contribution in [2.45, 2.75) is 0 Å². The largest absolute Gasteiger partial charge is 0.438 e. The van der Waals surface area contributed by atoms with Crippen molar-refractivity contribution < 1.29 is 9.53 Å². The Labute approximate surface area is 144 Å². The maximum absolute atomic E-state index is 11.0. The third kappa shape index (κ3) is 3.86. The van der Waals surface area contributed by atoms with E-state index in [0.29, 0.717) is 16.8 Å². The van der Waals surface area contributed by atoms with Crippen LogP contribution >= 0.6 is 11.6 Å². The van der Waals surface area contributed by atoms with Gasteiger partial charge in [0.15, 0.2) is 5.15 Å². The molecule has 118 valence electrons. The average molecular weight is 337 g/mol. The molecule has 0 fully saturated rings. The summed E-state index contributed by atoms with van der Waals surface area (Å²) >= 11 is 5.69. The summed E-state index contributed by atoms with van der Waals surface area (Å²) in [5, 5.41) is 7.88. The number of aldehydes is 1. The summed E-state index contributed by atoms with van der Waals surface area (Å²) in [7, 11) is 0. The van der Waals surface area contributed by atoms with E-state index in [-0.39, 0.29) is 0 Å². The Balaban J connectivity index is 1.83. The first kappa shape index (κ1) is 15.9. The van der Waals surface area contributed by atoms with Crippen LogP contribution in [0.4, 0.5) is 0 Å². The molecule has 3 aromatic rings. The Morgan fingerprint density at radius 1 is 0.875 bits per heavy atom. The first-order valence-corrected chi connectivity index (χ1v) is 7.62. The minimum absolute atomic E-state index is 0.309. The number of carbonyl (C=O) groups excluding carboxylic acids is 1. The molecule has 0 bridgehead atoms. The number of hydrogen-bond donors (Lipinski definition) is 0. The van der Waals surface area contributed by atoms with Crippen molar-refractivity contribution in [3.8, 4) is 11.6 Å². The molecular weight excluding hydrogens is 324 g/mol. The molecule has 3 rings (SSSR count). The first-order valence-electron chi connectivity index (χ1n) is 7.24. The molecule has 5 heteroatoms. The smallest absolute Gasteiger partial charge is 0.238 e. The lowest BCUT2D eigenvalue weighted by molar-refractivity contribution is -0.104. The highest BCUT2D eigenvalue weighted by Gasteiger charge is 2.06. The van der Waals surface area contributed by atoms with Crippen molar-refractivity contribution in [1.82, 2.24) is 10.2 Å². The molecule has 0 amide bonds. The van der Waals surface area contributed by atoms with Crippen LogP contribution in [0.3, 0.4) is 0 Å². The van der Waals surface area contributed by atoms with Gasteiger partial charge >= 0.3 is 0 Å². The van der Waals surface area contributed by atoms with Crippen LogP contribution in [0.15, 0.2) is 72.8 Å². The van der Waals surface area contributed by atoms with Crippen LogP contribution < -0.4 is 4.74 Å². The van der Waals surface area contributed by atoms with Gasteiger partial charge in [0.2, 0.25) is 5.88 Å². The molecule has 0 aliphatic rings. The van der Waals surface area contributed by atoms with Gasteiger partial charge < -0.3 is 4.74 Å².